The average molecular weight is 251 g/mol. The Morgan fingerprint density at radius 2 is 1.88 bits per heavy atom. The molecule has 0 atom stereocenters. The maximum Gasteiger partial charge on any atom is 0.321 e. The van der Waals surface area contributed by atoms with E-state index in [0.29, 0.717) is 5.02 Å². The van der Waals surface area contributed by atoms with Crippen molar-refractivity contribution in [3.63, 3.8) is 0 Å². The van der Waals surface area contributed by atoms with Gasteiger partial charge in [-0.15, -0.1) is 0 Å². The van der Waals surface area contributed by atoms with Gasteiger partial charge in [0.2, 0.25) is 0 Å². The molecule has 2 nitrogen and oxygen atoms in total. The number of benzene rings is 1. The lowest BCUT2D eigenvalue weighted by atomic mass is 9.79. The van der Waals surface area contributed by atoms with Crippen molar-refractivity contribution < 1.29 is 9.53 Å². The van der Waals surface area contributed by atoms with Gasteiger partial charge in [0.1, 0.15) is 0 Å². The van der Waals surface area contributed by atoms with Crippen LogP contribution in [0, 0.1) is 0 Å². The Morgan fingerprint density at radius 1 is 1.29 bits per heavy atom. The third-order valence-corrected chi connectivity index (χ3v) is 3.69. The van der Waals surface area contributed by atoms with E-state index in [9.17, 15) is 4.79 Å². The summed E-state index contributed by atoms with van der Waals surface area (Å²) in [5, 5.41) is 0.680. The number of halogens is 1. The zero-order chi connectivity index (χ0) is 12.3. The van der Waals surface area contributed by atoms with Gasteiger partial charge < -0.3 is 4.74 Å². The maximum absolute atomic E-state index is 12.1. The summed E-state index contributed by atoms with van der Waals surface area (Å²) in [6, 6.07) is 7.46. The molecule has 0 amide bonds. The molecule has 0 heterocycles. The molecule has 0 radical (unpaired) electrons. The van der Waals surface area contributed by atoms with Crippen molar-refractivity contribution in [2.24, 2.45) is 0 Å². The molecule has 2 rings (SSSR count). The molecule has 1 aliphatic carbocycles. The van der Waals surface area contributed by atoms with E-state index in [1.807, 2.05) is 24.3 Å². The second-order valence-electron chi connectivity index (χ2n) is 4.37. The third kappa shape index (κ3) is 2.22. The molecular formula is C14H15ClO2. The van der Waals surface area contributed by atoms with Gasteiger partial charge in [-0.25, -0.2) is 0 Å². The molecule has 90 valence electrons. The van der Waals surface area contributed by atoms with Gasteiger partial charge in [0.05, 0.1) is 11.7 Å². The summed E-state index contributed by atoms with van der Waals surface area (Å²) in [4.78, 5) is 12.1. The van der Waals surface area contributed by atoms with Crippen molar-refractivity contribution in [2.45, 2.75) is 31.1 Å². The summed E-state index contributed by atoms with van der Waals surface area (Å²) in [6.45, 7) is 3.45. The van der Waals surface area contributed by atoms with E-state index < -0.39 is 5.41 Å². The normalized spacial score (nSPS) is 17.7. The van der Waals surface area contributed by atoms with E-state index in [0.717, 1.165) is 31.2 Å². The van der Waals surface area contributed by atoms with Gasteiger partial charge in [-0.1, -0.05) is 43.2 Å². The first-order valence-electron chi connectivity index (χ1n) is 5.77. The lowest BCUT2D eigenvalue weighted by Crippen LogP contribution is -2.33. The second kappa shape index (κ2) is 4.92. The fourth-order valence-corrected chi connectivity index (χ4v) is 2.67. The van der Waals surface area contributed by atoms with Crippen LogP contribution in [0.25, 0.3) is 0 Å². The monoisotopic (exact) mass is 250 g/mol. The minimum atomic E-state index is -0.501. The Balaban J connectivity index is 2.37. The van der Waals surface area contributed by atoms with E-state index in [1.54, 1.807) is 0 Å². The fourth-order valence-electron chi connectivity index (χ4n) is 2.55. The van der Waals surface area contributed by atoms with E-state index in [4.69, 9.17) is 16.3 Å². The summed E-state index contributed by atoms with van der Waals surface area (Å²) < 4.78 is 5.01. The fraction of sp³-hybridized carbons (Fsp3) is 0.357. The molecular weight excluding hydrogens is 236 g/mol. The lowest BCUT2D eigenvalue weighted by Gasteiger charge is -2.26. The lowest BCUT2D eigenvalue weighted by molar-refractivity contribution is -0.144. The van der Waals surface area contributed by atoms with Gasteiger partial charge in [0.25, 0.3) is 0 Å². The van der Waals surface area contributed by atoms with Crippen LogP contribution in [-0.4, -0.2) is 5.97 Å². The second-order valence-corrected chi connectivity index (χ2v) is 4.80. The Morgan fingerprint density at radius 3 is 2.41 bits per heavy atom. The van der Waals surface area contributed by atoms with Gasteiger partial charge in [0.15, 0.2) is 0 Å². The van der Waals surface area contributed by atoms with Gasteiger partial charge >= 0.3 is 5.97 Å². The quantitative estimate of drug-likeness (QED) is 0.602. The highest BCUT2D eigenvalue weighted by atomic mass is 35.5. The predicted molar refractivity (Wildman–Crippen MR) is 67.9 cm³/mol. The molecule has 1 aromatic carbocycles. The van der Waals surface area contributed by atoms with Crippen LogP contribution in [0.15, 0.2) is 37.1 Å². The smallest absolute Gasteiger partial charge is 0.321 e. The molecule has 0 aromatic heterocycles. The summed E-state index contributed by atoms with van der Waals surface area (Å²) in [5.41, 5.74) is 0.491. The molecule has 0 N–H and O–H groups in total. The van der Waals surface area contributed by atoms with Crippen LogP contribution in [0.4, 0.5) is 0 Å². The van der Waals surface area contributed by atoms with Crippen molar-refractivity contribution in [1.29, 1.82) is 0 Å². The number of hydrogen-bond acceptors (Lipinski definition) is 2. The van der Waals surface area contributed by atoms with Crippen molar-refractivity contribution >= 4 is 17.6 Å². The van der Waals surface area contributed by atoms with Crippen LogP contribution in [-0.2, 0) is 14.9 Å². The van der Waals surface area contributed by atoms with Crippen molar-refractivity contribution in [2.75, 3.05) is 0 Å². The Hall–Kier alpha value is -1.28. The molecule has 1 aliphatic rings. The van der Waals surface area contributed by atoms with E-state index in [1.165, 1.54) is 6.26 Å². The topological polar surface area (TPSA) is 26.3 Å². The van der Waals surface area contributed by atoms with Crippen LogP contribution in [0.1, 0.15) is 31.2 Å². The number of ether oxygens (including phenoxy) is 1. The van der Waals surface area contributed by atoms with E-state index in [-0.39, 0.29) is 5.97 Å². The van der Waals surface area contributed by atoms with Gasteiger partial charge in [-0.3, -0.25) is 4.79 Å². The van der Waals surface area contributed by atoms with Crippen LogP contribution in [0.3, 0.4) is 0 Å². The molecule has 3 heteroatoms. The Labute approximate surface area is 106 Å². The third-order valence-electron chi connectivity index (χ3n) is 3.44. The number of carbonyl (C=O) groups is 1. The van der Waals surface area contributed by atoms with Crippen LogP contribution in [0.2, 0.25) is 5.02 Å². The summed E-state index contributed by atoms with van der Waals surface area (Å²) in [7, 11) is 0. The first-order chi connectivity index (χ1) is 8.19. The van der Waals surface area contributed by atoms with Gasteiger partial charge in [-0.05, 0) is 30.5 Å². The van der Waals surface area contributed by atoms with Crippen molar-refractivity contribution in [3.8, 4) is 0 Å². The number of rotatable bonds is 3. The molecule has 1 saturated carbocycles. The molecule has 0 spiro atoms. The summed E-state index contributed by atoms with van der Waals surface area (Å²) in [5.74, 6) is -0.202. The van der Waals surface area contributed by atoms with Crippen molar-refractivity contribution in [3.05, 3.63) is 47.7 Å². The molecule has 1 aromatic rings. The van der Waals surface area contributed by atoms with Crippen LogP contribution < -0.4 is 0 Å². The molecule has 0 bridgehead atoms. The number of carbonyl (C=O) groups excluding carboxylic acids is 1. The zero-order valence-corrected chi connectivity index (χ0v) is 10.4. The first kappa shape index (κ1) is 12.2. The molecule has 0 aliphatic heterocycles. The molecule has 1 fully saturated rings. The predicted octanol–water partition coefficient (Wildman–Crippen LogP) is 3.84. The van der Waals surface area contributed by atoms with E-state index in [2.05, 4.69) is 6.58 Å². The van der Waals surface area contributed by atoms with Crippen LogP contribution in [0.5, 0.6) is 0 Å². The Bertz CT molecular complexity index is 416. The minimum absolute atomic E-state index is 0.202. The zero-order valence-electron chi connectivity index (χ0n) is 9.62. The standard InChI is InChI=1S/C14H15ClO2/c1-2-17-13(16)14(9-3-4-10-14)11-5-7-12(15)8-6-11/h2,5-8H,1,3-4,9-10H2. The van der Waals surface area contributed by atoms with Gasteiger partial charge in [-0.2, -0.15) is 0 Å². The van der Waals surface area contributed by atoms with Crippen LogP contribution >= 0.6 is 11.6 Å². The average Bonchev–Trinajstić information content (AvgIpc) is 2.81. The minimum Gasteiger partial charge on any atom is -0.434 e. The Kier molecular flexibility index (Phi) is 3.53. The maximum atomic E-state index is 12.1. The molecule has 17 heavy (non-hydrogen) atoms. The summed E-state index contributed by atoms with van der Waals surface area (Å²) >= 11 is 5.87. The first-order valence-corrected chi connectivity index (χ1v) is 6.15. The highest BCUT2D eigenvalue weighted by molar-refractivity contribution is 6.30. The van der Waals surface area contributed by atoms with E-state index >= 15 is 0 Å². The highest BCUT2D eigenvalue weighted by Crippen LogP contribution is 2.42. The summed E-state index contributed by atoms with van der Waals surface area (Å²) in [6.07, 6.45) is 4.98. The molecule has 0 saturated heterocycles. The SMILES string of the molecule is C=COC(=O)C1(c2ccc(Cl)cc2)CCCC1. The highest BCUT2D eigenvalue weighted by Gasteiger charge is 2.43. The number of esters is 1. The largest absolute Gasteiger partial charge is 0.434 e. The molecule has 0 unspecified atom stereocenters. The van der Waals surface area contributed by atoms with Gasteiger partial charge in [0, 0.05) is 5.02 Å². The number of hydrogen-bond donors (Lipinski definition) is 0. The van der Waals surface area contributed by atoms with Crippen molar-refractivity contribution in [1.82, 2.24) is 0 Å².